The summed E-state index contributed by atoms with van der Waals surface area (Å²) in [7, 11) is 0. The Labute approximate surface area is 169 Å². The van der Waals surface area contributed by atoms with Crippen LogP contribution in [0.1, 0.15) is 39.3 Å². The van der Waals surface area contributed by atoms with Gasteiger partial charge in [0, 0.05) is 30.5 Å². The zero-order valence-corrected chi connectivity index (χ0v) is 17.2. The molecule has 0 aliphatic carbocycles. The molecule has 0 amide bonds. The summed E-state index contributed by atoms with van der Waals surface area (Å²) in [5.74, 6) is 1.68. The number of pyridine rings is 3. The van der Waals surface area contributed by atoms with Crippen molar-refractivity contribution in [3.05, 3.63) is 52.6 Å². The second-order valence-corrected chi connectivity index (χ2v) is 8.12. The molecule has 0 aliphatic rings. The van der Waals surface area contributed by atoms with Gasteiger partial charge in [-0.2, -0.15) is 0 Å². The largest absolute Gasteiger partial charge is 0.395 e. The van der Waals surface area contributed by atoms with Crippen molar-refractivity contribution in [2.45, 2.75) is 45.8 Å². The van der Waals surface area contributed by atoms with Gasteiger partial charge in [0.25, 0.3) is 5.56 Å². The molecule has 3 aromatic heterocycles. The standard InChI is InChI=1S/C21H28N6O2/c1-13(22)14-5-7-23-16(11-14)24-17-12-15-6-8-27(9-10-28)20(29)18(15)19(25-17)26-21(2,3)4/h5-8,11-13,28H,9-10,22H2,1-4H3,(H2,23,24,25,26). The monoisotopic (exact) mass is 396 g/mol. The molecule has 0 aliphatic heterocycles. The molecule has 8 heteroatoms. The van der Waals surface area contributed by atoms with E-state index in [-0.39, 0.29) is 30.3 Å². The van der Waals surface area contributed by atoms with Crippen molar-refractivity contribution in [3.63, 3.8) is 0 Å². The van der Waals surface area contributed by atoms with E-state index in [4.69, 9.17) is 5.73 Å². The lowest BCUT2D eigenvalue weighted by Crippen LogP contribution is -2.29. The van der Waals surface area contributed by atoms with Crippen LogP contribution < -0.4 is 21.9 Å². The Morgan fingerprint density at radius 3 is 2.66 bits per heavy atom. The van der Waals surface area contributed by atoms with Crippen LogP contribution >= 0.6 is 0 Å². The highest BCUT2D eigenvalue weighted by Crippen LogP contribution is 2.26. The van der Waals surface area contributed by atoms with E-state index in [1.807, 2.05) is 52.0 Å². The second kappa shape index (κ2) is 8.18. The van der Waals surface area contributed by atoms with E-state index >= 15 is 0 Å². The maximum Gasteiger partial charge on any atom is 0.262 e. The zero-order chi connectivity index (χ0) is 21.2. The summed E-state index contributed by atoms with van der Waals surface area (Å²) in [4.78, 5) is 21.9. The Morgan fingerprint density at radius 1 is 1.24 bits per heavy atom. The Balaban J connectivity index is 2.11. The number of anilines is 3. The van der Waals surface area contributed by atoms with Crippen molar-refractivity contribution >= 4 is 28.2 Å². The SMILES string of the molecule is CC(N)c1ccnc(Nc2cc3ccn(CCO)c(=O)c3c(NC(C)(C)C)n2)c1. The molecule has 0 saturated heterocycles. The number of nitrogens with two attached hydrogens (primary N) is 1. The fourth-order valence-electron chi connectivity index (χ4n) is 3.03. The fraction of sp³-hybridized carbons (Fsp3) is 0.381. The van der Waals surface area contributed by atoms with E-state index in [9.17, 15) is 9.90 Å². The van der Waals surface area contributed by atoms with Gasteiger partial charge in [-0.25, -0.2) is 9.97 Å². The maximum absolute atomic E-state index is 12.9. The summed E-state index contributed by atoms with van der Waals surface area (Å²) < 4.78 is 1.48. The van der Waals surface area contributed by atoms with Gasteiger partial charge in [0.15, 0.2) is 0 Å². The molecule has 8 nitrogen and oxygen atoms in total. The predicted octanol–water partition coefficient (Wildman–Crippen LogP) is 2.76. The Kier molecular flexibility index (Phi) is 5.86. The number of nitrogens with one attached hydrogen (secondary N) is 2. The van der Waals surface area contributed by atoms with Crippen LogP contribution in [0.15, 0.2) is 41.5 Å². The third-order valence-corrected chi connectivity index (χ3v) is 4.36. The fourth-order valence-corrected chi connectivity index (χ4v) is 3.03. The summed E-state index contributed by atoms with van der Waals surface area (Å²) in [6.45, 7) is 8.05. The van der Waals surface area contributed by atoms with E-state index < -0.39 is 0 Å². The summed E-state index contributed by atoms with van der Waals surface area (Å²) >= 11 is 0. The first kappa shape index (κ1) is 20.8. The van der Waals surface area contributed by atoms with Gasteiger partial charge in [0.05, 0.1) is 12.0 Å². The molecule has 0 fully saturated rings. The maximum atomic E-state index is 12.9. The minimum atomic E-state index is -0.296. The number of fused-ring (bicyclic) bond motifs is 1. The molecule has 0 radical (unpaired) electrons. The average molecular weight is 396 g/mol. The molecule has 3 aromatic rings. The molecule has 0 spiro atoms. The van der Waals surface area contributed by atoms with Crippen LogP contribution in [0, 0.1) is 0 Å². The van der Waals surface area contributed by atoms with Gasteiger partial charge in [-0.3, -0.25) is 4.79 Å². The van der Waals surface area contributed by atoms with Crippen molar-refractivity contribution in [2.75, 3.05) is 17.2 Å². The molecule has 154 valence electrons. The van der Waals surface area contributed by atoms with Crippen LogP contribution in [0.5, 0.6) is 0 Å². The predicted molar refractivity (Wildman–Crippen MR) is 117 cm³/mol. The van der Waals surface area contributed by atoms with Crippen molar-refractivity contribution in [2.24, 2.45) is 5.73 Å². The van der Waals surface area contributed by atoms with E-state index in [0.29, 0.717) is 22.8 Å². The molecular weight excluding hydrogens is 368 g/mol. The minimum absolute atomic E-state index is 0.105. The molecule has 3 rings (SSSR count). The quantitative estimate of drug-likeness (QED) is 0.506. The van der Waals surface area contributed by atoms with Gasteiger partial charge in [-0.1, -0.05) is 0 Å². The molecule has 1 unspecified atom stereocenters. The van der Waals surface area contributed by atoms with E-state index in [1.54, 1.807) is 12.4 Å². The molecule has 0 aromatic carbocycles. The summed E-state index contributed by atoms with van der Waals surface area (Å²) in [5, 5.41) is 17.0. The zero-order valence-electron chi connectivity index (χ0n) is 17.2. The van der Waals surface area contributed by atoms with Gasteiger partial charge >= 0.3 is 0 Å². The van der Waals surface area contributed by atoms with Crippen molar-refractivity contribution in [1.82, 2.24) is 14.5 Å². The highest BCUT2D eigenvalue weighted by molar-refractivity contribution is 5.93. The van der Waals surface area contributed by atoms with Crippen LogP contribution in [-0.2, 0) is 6.54 Å². The molecule has 5 N–H and O–H groups in total. The lowest BCUT2D eigenvalue weighted by atomic mass is 10.1. The van der Waals surface area contributed by atoms with E-state index in [0.717, 1.165) is 10.9 Å². The van der Waals surface area contributed by atoms with Gasteiger partial charge in [-0.15, -0.1) is 0 Å². The lowest BCUT2D eigenvalue weighted by Gasteiger charge is -2.23. The minimum Gasteiger partial charge on any atom is -0.395 e. The Morgan fingerprint density at radius 2 is 2.00 bits per heavy atom. The van der Waals surface area contributed by atoms with Crippen molar-refractivity contribution < 1.29 is 5.11 Å². The van der Waals surface area contributed by atoms with Gasteiger partial charge in [0.1, 0.15) is 17.5 Å². The van der Waals surface area contributed by atoms with Crippen LogP contribution in [0.2, 0.25) is 0 Å². The van der Waals surface area contributed by atoms with Crippen molar-refractivity contribution in [3.8, 4) is 0 Å². The second-order valence-electron chi connectivity index (χ2n) is 8.12. The number of aromatic nitrogens is 3. The molecule has 0 bridgehead atoms. The molecule has 1 atom stereocenters. The number of nitrogens with zero attached hydrogens (tertiary/aromatic N) is 3. The highest BCUT2D eigenvalue weighted by atomic mass is 16.3. The van der Waals surface area contributed by atoms with Crippen LogP contribution in [0.3, 0.4) is 0 Å². The van der Waals surface area contributed by atoms with Gasteiger partial charge in [-0.05, 0) is 62.9 Å². The lowest BCUT2D eigenvalue weighted by molar-refractivity contribution is 0.274. The first-order valence-corrected chi connectivity index (χ1v) is 9.60. The normalized spacial score (nSPS) is 12.8. The number of aliphatic hydroxyl groups excluding tert-OH is 1. The highest BCUT2D eigenvalue weighted by Gasteiger charge is 2.17. The summed E-state index contributed by atoms with van der Waals surface area (Å²) in [6, 6.07) is 7.31. The molecule has 3 heterocycles. The third kappa shape index (κ3) is 4.90. The Bertz CT molecular complexity index is 1070. The van der Waals surface area contributed by atoms with E-state index in [1.165, 1.54) is 4.57 Å². The van der Waals surface area contributed by atoms with Gasteiger partial charge < -0.3 is 26.0 Å². The van der Waals surface area contributed by atoms with Crippen LogP contribution in [-0.4, -0.2) is 31.8 Å². The number of hydrogen-bond donors (Lipinski definition) is 4. The first-order chi connectivity index (χ1) is 13.7. The first-order valence-electron chi connectivity index (χ1n) is 9.60. The van der Waals surface area contributed by atoms with Crippen LogP contribution in [0.4, 0.5) is 17.5 Å². The summed E-state index contributed by atoms with van der Waals surface area (Å²) in [5.41, 5.74) is 6.43. The number of rotatable bonds is 6. The number of aliphatic hydroxyl groups is 1. The molecular formula is C21H28N6O2. The molecule has 29 heavy (non-hydrogen) atoms. The molecule has 0 saturated carbocycles. The van der Waals surface area contributed by atoms with Crippen molar-refractivity contribution in [1.29, 1.82) is 0 Å². The number of hydrogen-bond acceptors (Lipinski definition) is 7. The van der Waals surface area contributed by atoms with Gasteiger partial charge in [0.2, 0.25) is 0 Å². The Hall–Kier alpha value is -2.97. The van der Waals surface area contributed by atoms with E-state index in [2.05, 4.69) is 20.6 Å². The summed E-state index contributed by atoms with van der Waals surface area (Å²) in [6.07, 6.45) is 3.38. The average Bonchev–Trinajstić information content (AvgIpc) is 2.63. The smallest absolute Gasteiger partial charge is 0.262 e. The van der Waals surface area contributed by atoms with Crippen LogP contribution in [0.25, 0.3) is 10.8 Å². The third-order valence-electron chi connectivity index (χ3n) is 4.36. The topological polar surface area (TPSA) is 118 Å².